The largest absolute Gasteiger partial charge is 0.384 e. The van der Waals surface area contributed by atoms with E-state index in [2.05, 4.69) is 10.4 Å². The van der Waals surface area contributed by atoms with Crippen molar-refractivity contribution in [3.63, 3.8) is 0 Å². The third kappa shape index (κ3) is 3.60. The van der Waals surface area contributed by atoms with Gasteiger partial charge in [0.2, 0.25) is 0 Å². The molecule has 0 unspecified atom stereocenters. The zero-order valence-corrected chi connectivity index (χ0v) is 12.8. The Morgan fingerprint density at radius 1 is 1.45 bits per heavy atom. The average Bonchev–Trinajstić information content (AvgIpc) is 2.81. The molecule has 0 spiro atoms. The molecule has 108 valence electrons. The molecular weight excluding hydrogens is 274 g/mol. The predicted octanol–water partition coefficient (Wildman–Crippen LogP) is 2.38. The van der Waals surface area contributed by atoms with Gasteiger partial charge in [0.05, 0.1) is 6.20 Å². The van der Waals surface area contributed by atoms with E-state index in [1.165, 1.54) is 0 Å². The van der Waals surface area contributed by atoms with Crippen molar-refractivity contribution in [2.24, 2.45) is 7.05 Å². The highest BCUT2D eigenvalue weighted by Gasteiger charge is 2.24. The van der Waals surface area contributed by atoms with E-state index in [1.807, 2.05) is 38.4 Å². The van der Waals surface area contributed by atoms with E-state index < -0.39 is 5.60 Å². The van der Waals surface area contributed by atoms with Crippen LogP contribution in [0.25, 0.3) is 0 Å². The van der Waals surface area contributed by atoms with Crippen LogP contribution >= 0.6 is 11.6 Å². The summed E-state index contributed by atoms with van der Waals surface area (Å²) in [5.41, 5.74) is 2.03. The summed E-state index contributed by atoms with van der Waals surface area (Å²) in [5, 5.41) is 18.5. The van der Waals surface area contributed by atoms with Crippen LogP contribution in [0.5, 0.6) is 0 Å². The summed E-state index contributed by atoms with van der Waals surface area (Å²) in [6.45, 7) is 4.87. The van der Waals surface area contributed by atoms with Crippen molar-refractivity contribution in [2.45, 2.75) is 26.0 Å². The van der Waals surface area contributed by atoms with Gasteiger partial charge in [-0.15, -0.1) is 0 Å². The van der Waals surface area contributed by atoms with Crippen molar-refractivity contribution in [1.29, 1.82) is 0 Å². The summed E-state index contributed by atoms with van der Waals surface area (Å²) in [4.78, 5) is 0. The Morgan fingerprint density at radius 2 is 2.20 bits per heavy atom. The third-order valence-electron chi connectivity index (χ3n) is 3.36. The Kier molecular flexibility index (Phi) is 4.48. The number of nitrogens with zero attached hydrogens (tertiary/aromatic N) is 2. The van der Waals surface area contributed by atoms with E-state index in [0.717, 1.165) is 21.7 Å². The van der Waals surface area contributed by atoms with Gasteiger partial charge >= 0.3 is 0 Å². The lowest BCUT2D eigenvalue weighted by Gasteiger charge is -2.22. The SMILES string of the molecule is Cc1ccc(CNC[C@@](C)(O)c2cnn(C)c2)cc1Cl. The van der Waals surface area contributed by atoms with Gasteiger partial charge in [0.25, 0.3) is 0 Å². The fraction of sp³-hybridized carbons (Fsp3) is 0.400. The zero-order valence-electron chi connectivity index (χ0n) is 12.0. The second-order valence-electron chi connectivity index (χ2n) is 5.36. The lowest BCUT2D eigenvalue weighted by atomic mass is 9.99. The maximum absolute atomic E-state index is 10.4. The minimum Gasteiger partial charge on any atom is -0.384 e. The third-order valence-corrected chi connectivity index (χ3v) is 3.77. The summed E-state index contributed by atoms with van der Waals surface area (Å²) in [5.74, 6) is 0. The maximum atomic E-state index is 10.4. The molecule has 5 heteroatoms. The van der Waals surface area contributed by atoms with Crippen LogP contribution in [0.2, 0.25) is 5.02 Å². The molecule has 0 aliphatic carbocycles. The quantitative estimate of drug-likeness (QED) is 0.890. The first-order chi connectivity index (χ1) is 9.38. The number of rotatable bonds is 5. The van der Waals surface area contributed by atoms with Gasteiger partial charge in [0, 0.05) is 36.9 Å². The fourth-order valence-corrected chi connectivity index (χ4v) is 2.20. The van der Waals surface area contributed by atoms with Gasteiger partial charge in [0.15, 0.2) is 0 Å². The van der Waals surface area contributed by atoms with Crippen molar-refractivity contribution < 1.29 is 5.11 Å². The second-order valence-corrected chi connectivity index (χ2v) is 5.77. The Morgan fingerprint density at radius 3 is 2.80 bits per heavy atom. The van der Waals surface area contributed by atoms with Crippen LogP contribution in [0.15, 0.2) is 30.6 Å². The number of halogens is 1. The normalized spacial score (nSPS) is 14.2. The average molecular weight is 294 g/mol. The molecule has 20 heavy (non-hydrogen) atoms. The monoisotopic (exact) mass is 293 g/mol. The molecular formula is C15H20ClN3O. The van der Waals surface area contributed by atoms with Crippen molar-refractivity contribution in [3.05, 3.63) is 52.3 Å². The summed E-state index contributed by atoms with van der Waals surface area (Å²) < 4.78 is 1.68. The number of hydrogen-bond donors (Lipinski definition) is 2. The number of aliphatic hydroxyl groups is 1. The number of aryl methyl sites for hydroxylation is 2. The molecule has 1 aromatic carbocycles. The van der Waals surface area contributed by atoms with Crippen molar-refractivity contribution in [1.82, 2.24) is 15.1 Å². The van der Waals surface area contributed by atoms with Gasteiger partial charge in [-0.2, -0.15) is 5.10 Å². The number of aromatic nitrogens is 2. The summed E-state index contributed by atoms with van der Waals surface area (Å²) in [7, 11) is 1.83. The highest BCUT2D eigenvalue weighted by Crippen LogP contribution is 2.19. The molecule has 0 aliphatic rings. The minimum atomic E-state index is -0.942. The molecule has 1 atom stereocenters. The Hall–Kier alpha value is -1.36. The van der Waals surface area contributed by atoms with E-state index >= 15 is 0 Å². The minimum absolute atomic E-state index is 0.449. The van der Waals surface area contributed by atoms with Crippen LogP contribution in [0, 0.1) is 6.92 Å². The molecule has 2 rings (SSSR count). The first kappa shape index (κ1) is 15.0. The summed E-state index contributed by atoms with van der Waals surface area (Å²) in [6, 6.07) is 5.98. The lowest BCUT2D eigenvalue weighted by Crippen LogP contribution is -2.34. The molecule has 1 heterocycles. The van der Waals surface area contributed by atoms with Gasteiger partial charge in [-0.1, -0.05) is 23.7 Å². The Bertz CT molecular complexity index is 593. The molecule has 0 saturated heterocycles. The molecule has 0 bridgehead atoms. The van der Waals surface area contributed by atoms with Crippen LogP contribution in [0.3, 0.4) is 0 Å². The van der Waals surface area contributed by atoms with Gasteiger partial charge < -0.3 is 10.4 Å². The summed E-state index contributed by atoms with van der Waals surface area (Å²) in [6.07, 6.45) is 3.51. The highest BCUT2D eigenvalue weighted by atomic mass is 35.5. The molecule has 0 radical (unpaired) electrons. The number of nitrogens with one attached hydrogen (secondary N) is 1. The van der Waals surface area contributed by atoms with Crippen LogP contribution < -0.4 is 5.32 Å². The van der Waals surface area contributed by atoms with E-state index in [1.54, 1.807) is 17.8 Å². The number of benzene rings is 1. The molecule has 4 nitrogen and oxygen atoms in total. The van der Waals surface area contributed by atoms with Crippen LogP contribution in [-0.4, -0.2) is 21.4 Å². The molecule has 0 amide bonds. The number of hydrogen-bond acceptors (Lipinski definition) is 3. The second kappa shape index (κ2) is 5.95. The zero-order chi connectivity index (χ0) is 14.8. The molecule has 0 aliphatic heterocycles. The molecule has 2 aromatic rings. The van der Waals surface area contributed by atoms with Crippen molar-refractivity contribution in [3.8, 4) is 0 Å². The van der Waals surface area contributed by atoms with E-state index in [-0.39, 0.29) is 0 Å². The van der Waals surface area contributed by atoms with E-state index in [9.17, 15) is 5.11 Å². The molecule has 1 aromatic heterocycles. The van der Waals surface area contributed by atoms with E-state index in [0.29, 0.717) is 13.1 Å². The van der Waals surface area contributed by atoms with Crippen molar-refractivity contribution >= 4 is 11.6 Å². The maximum Gasteiger partial charge on any atom is 0.102 e. The molecule has 2 N–H and O–H groups in total. The Labute approximate surface area is 124 Å². The topological polar surface area (TPSA) is 50.1 Å². The van der Waals surface area contributed by atoms with Gasteiger partial charge in [-0.25, -0.2) is 0 Å². The van der Waals surface area contributed by atoms with Crippen LogP contribution in [-0.2, 0) is 19.2 Å². The van der Waals surface area contributed by atoms with Crippen molar-refractivity contribution in [2.75, 3.05) is 6.54 Å². The summed E-state index contributed by atoms with van der Waals surface area (Å²) >= 11 is 6.09. The highest BCUT2D eigenvalue weighted by molar-refractivity contribution is 6.31. The molecule has 0 fully saturated rings. The first-order valence-electron chi connectivity index (χ1n) is 6.56. The first-order valence-corrected chi connectivity index (χ1v) is 6.93. The van der Waals surface area contributed by atoms with E-state index in [4.69, 9.17) is 11.6 Å². The van der Waals surface area contributed by atoms with Gasteiger partial charge in [-0.3, -0.25) is 4.68 Å². The van der Waals surface area contributed by atoms with Gasteiger partial charge in [0.1, 0.15) is 5.60 Å². The standard InChI is InChI=1S/C15H20ClN3O/c1-11-4-5-12(6-14(11)16)7-17-10-15(2,20)13-8-18-19(3)9-13/h4-6,8-9,17,20H,7,10H2,1-3H3/t15-/m1/s1. The fourth-order valence-electron chi connectivity index (χ4n) is 2.00. The predicted molar refractivity (Wildman–Crippen MR) is 80.7 cm³/mol. The Balaban J connectivity index is 1.93. The molecule has 0 saturated carbocycles. The van der Waals surface area contributed by atoms with Crippen LogP contribution in [0.1, 0.15) is 23.6 Å². The smallest absolute Gasteiger partial charge is 0.102 e. The van der Waals surface area contributed by atoms with Gasteiger partial charge in [-0.05, 0) is 31.0 Å². The van der Waals surface area contributed by atoms with Crippen LogP contribution in [0.4, 0.5) is 0 Å². The lowest BCUT2D eigenvalue weighted by molar-refractivity contribution is 0.0566.